The van der Waals surface area contributed by atoms with E-state index in [-0.39, 0.29) is 15.5 Å². The lowest BCUT2D eigenvalue weighted by molar-refractivity contribution is -0.273. The molecule has 0 aliphatic heterocycles. The van der Waals surface area contributed by atoms with Crippen molar-refractivity contribution in [3.63, 3.8) is 0 Å². The van der Waals surface area contributed by atoms with Crippen molar-refractivity contribution in [1.82, 2.24) is 0 Å². The number of aryl methyl sites for hydroxylation is 2. The molecular weight excluding hydrogens is 468 g/mol. The third-order valence-electron chi connectivity index (χ3n) is 5.60. The maximum absolute atomic E-state index is 14.1. The molecule has 9 heteroatoms. The predicted octanol–water partition coefficient (Wildman–Crippen LogP) is 7.08. The summed E-state index contributed by atoms with van der Waals surface area (Å²) in [5.41, 5.74) is -2.24. The molecule has 0 spiro atoms. The summed E-state index contributed by atoms with van der Waals surface area (Å²) in [6, 6.07) is 9.00. The van der Waals surface area contributed by atoms with Crippen molar-refractivity contribution in [2.45, 2.75) is 38.5 Å². The van der Waals surface area contributed by atoms with Crippen LogP contribution in [0.1, 0.15) is 44.1 Å². The monoisotopic (exact) mass is 486 g/mol. The smallest absolute Gasteiger partial charge is 0.422 e. The lowest BCUT2D eigenvalue weighted by atomic mass is 9.81. The van der Waals surface area contributed by atoms with E-state index in [1.54, 1.807) is 13.8 Å². The summed E-state index contributed by atoms with van der Waals surface area (Å²) in [4.78, 5) is 11.4. The van der Waals surface area contributed by atoms with E-state index in [0.29, 0.717) is 21.6 Å². The van der Waals surface area contributed by atoms with Crippen LogP contribution in [0.2, 0.25) is 5.02 Å². The molecule has 170 valence electrons. The molecule has 0 radical (unpaired) electrons. The summed E-state index contributed by atoms with van der Waals surface area (Å²) in [7, 11) is 0. The van der Waals surface area contributed by atoms with Crippen LogP contribution in [0.4, 0.5) is 17.6 Å². The van der Waals surface area contributed by atoms with Gasteiger partial charge in [0.2, 0.25) is 5.60 Å². The number of thiophene rings is 1. The van der Waals surface area contributed by atoms with E-state index in [2.05, 4.69) is 0 Å². The normalized spacial score (nSPS) is 14.8. The highest BCUT2D eigenvalue weighted by Crippen LogP contribution is 2.52. The van der Waals surface area contributed by atoms with Gasteiger partial charge >= 0.3 is 12.1 Å². The zero-order valence-electron chi connectivity index (χ0n) is 17.2. The van der Waals surface area contributed by atoms with Crippen LogP contribution in [0, 0.1) is 19.7 Å². The largest absolute Gasteiger partial charge is 0.478 e. The second kappa shape index (κ2) is 8.50. The molecule has 3 aromatic rings. The molecule has 0 aliphatic carbocycles. The lowest BCUT2D eigenvalue weighted by Gasteiger charge is -2.36. The number of halogens is 5. The summed E-state index contributed by atoms with van der Waals surface area (Å²) in [6.45, 7) is 4.61. The molecule has 0 amide bonds. The number of alkyl halides is 3. The minimum atomic E-state index is -4.96. The fraction of sp³-hybridized carbons (Fsp3) is 0.261. The average molecular weight is 487 g/mol. The Morgan fingerprint density at radius 2 is 1.66 bits per heavy atom. The van der Waals surface area contributed by atoms with E-state index in [1.165, 1.54) is 37.3 Å². The van der Waals surface area contributed by atoms with Crippen molar-refractivity contribution in [1.29, 1.82) is 0 Å². The van der Waals surface area contributed by atoms with E-state index >= 15 is 0 Å². The minimum absolute atomic E-state index is 0.0367. The highest BCUT2D eigenvalue weighted by atomic mass is 35.5. The molecule has 32 heavy (non-hydrogen) atoms. The standard InChI is InChI=1S/C23H19ClF4O3S/c1-11-8-20(32-13(11)3)22(31,23(26,27)28)12(2)16-6-4-14(9-18(16)24)15-5-7-17(21(29)30)19(25)10-15/h4-10,12,31H,1-3H3,(H,29,30). The number of aliphatic hydroxyl groups is 1. The first kappa shape index (κ1) is 24.2. The maximum atomic E-state index is 14.1. The number of hydrogen-bond donors (Lipinski definition) is 2. The molecule has 2 atom stereocenters. The molecule has 1 heterocycles. The minimum Gasteiger partial charge on any atom is -0.478 e. The number of carboxylic acid groups (broad SMARTS) is 1. The van der Waals surface area contributed by atoms with Crippen LogP contribution in [0.5, 0.6) is 0 Å². The Balaban J connectivity index is 2.05. The van der Waals surface area contributed by atoms with Crippen LogP contribution in [-0.2, 0) is 5.60 Å². The Labute approximate surface area is 190 Å². The quantitative estimate of drug-likeness (QED) is 0.379. The molecule has 2 aromatic carbocycles. The first-order valence-electron chi connectivity index (χ1n) is 9.46. The zero-order chi connectivity index (χ0) is 24.0. The number of hydrogen-bond acceptors (Lipinski definition) is 3. The van der Waals surface area contributed by atoms with Gasteiger partial charge in [-0.25, -0.2) is 9.18 Å². The highest BCUT2D eigenvalue weighted by Gasteiger charge is 2.59. The van der Waals surface area contributed by atoms with Crippen molar-refractivity contribution in [2.24, 2.45) is 0 Å². The Hall–Kier alpha value is -2.42. The summed E-state index contributed by atoms with van der Waals surface area (Å²) in [6.07, 6.45) is -4.96. The van der Waals surface area contributed by atoms with Crippen LogP contribution in [0.15, 0.2) is 42.5 Å². The molecule has 2 unspecified atom stereocenters. The van der Waals surface area contributed by atoms with E-state index in [4.69, 9.17) is 16.7 Å². The Kier molecular flexibility index (Phi) is 6.43. The van der Waals surface area contributed by atoms with Crippen molar-refractivity contribution in [2.75, 3.05) is 0 Å². The van der Waals surface area contributed by atoms with Crippen LogP contribution >= 0.6 is 22.9 Å². The maximum Gasteiger partial charge on any atom is 0.422 e. The average Bonchev–Trinajstić information content (AvgIpc) is 3.04. The van der Waals surface area contributed by atoms with Gasteiger partial charge in [-0.05, 0) is 60.4 Å². The molecule has 0 saturated heterocycles. The summed E-state index contributed by atoms with van der Waals surface area (Å²) < 4.78 is 56.4. The SMILES string of the molecule is Cc1cc(C(O)(C(C)c2ccc(-c3ccc(C(=O)O)c(F)c3)cc2Cl)C(F)(F)F)sc1C. The third-order valence-corrected chi connectivity index (χ3v) is 7.20. The number of benzene rings is 2. The molecule has 0 bridgehead atoms. The number of carboxylic acids is 1. The first-order valence-corrected chi connectivity index (χ1v) is 10.7. The number of carbonyl (C=O) groups is 1. The van der Waals surface area contributed by atoms with Gasteiger partial charge in [-0.15, -0.1) is 11.3 Å². The van der Waals surface area contributed by atoms with Crippen LogP contribution < -0.4 is 0 Å². The predicted molar refractivity (Wildman–Crippen MR) is 116 cm³/mol. The van der Waals surface area contributed by atoms with E-state index in [0.717, 1.165) is 23.5 Å². The third kappa shape index (κ3) is 4.14. The van der Waals surface area contributed by atoms with Gasteiger partial charge in [-0.1, -0.05) is 36.7 Å². The Morgan fingerprint density at radius 3 is 2.12 bits per heavy atom. The fourth-order valence-electron chi connectivity index (χ4n) is 3.51. The van der Waals surface area contributed by atoms with Gasteiger partial charge in [-0.3, -0.25) is 0 Å². The summed E-state index contributed by atoms with van der Waals surface area (Å²) >= 11 is 7.19. The first-order chi connectivity index (χ1) is 14.8. The topological polar surface area (TPSA) is 57.5 Å². The van der Waals surface area contributed by atoms with E-state index in [9.17, 15) is 27.5 Å². The zero-order valence-corrected chi connectivity index (χ0v) is 18.8. The molecule has 0 saturated carbocycles. The summed E-state index contributed by atoms with van der Waals surface area (Å²) in [5.74, 6) is -3.80. The molecule has 0 aliphatic rings. The van der Waals surface area contributed by atoms with Gasteiger partial charge in [0.25, 0.3) is 0 Å². The van der Waals surface area contributed by atoms with Crippen LogP contribution in [0.3, 0.4) is 0 Å². The molecule has 0 fully saturated rings. The van der Waals surface area contributed by atoms with Gasteiger partial charge in [0.1, 0.15) is 5.82 Å². The second-order valence-electron chi connectivity index (χ2n) is 7.57. The van der Waals surface area contributed by atoms with Gasteiger partial charge in [0.05, 0.1) is 5.56 Å². The molecule has 2 N–H and O–H groups in total. The number of rotatable bonds is 5. The van der Waals surface area contributed by atoms with Gasteiger partial charge in [-0.2, -0.15) is 13.2 Å². The van der Waals surface area contributed by atoms with E-state index in [1.807, 2.05) is 0 Å². The molecule has 3 nitrogen and oxygen atoms in total. The van der Waals surface area contributed by atoms with Gasteiger partial charge in [0, 0.05) is 20.7 Å². The van der Waals surface area contributed by atoms with Crippen molar-refractivity contribution in [3.8, 4) is 11.1 Å². The van der Waals surface area contributed by atoms with Crippen molar-refractivity contribution >= 4 is 28.9 Å². The molecular formula is C23H19ClF4O3S. The Morgan fingerprint density at radius 1 is 1.06 bits per heavy atom. The Bertz CT molecular complexity index is 1170. The van der Waals surface area contributed by atoms with Gasteiger partial charge in [0.15, 0.2) is 0 Å². The fourth-order valence-corrected chi connectivity index (χ4v) is 5.09. The van der Waals surface area contributed by atoms with Crippen LogP contribution in [-0.4, -0.2) is 22.4 Å². The molecule has 3 rings (SSSR count). The highest BCUT2D eigenvalue weighted by molar-refractivity contribution is 7.12. The van der Waals surface area contributed by atoms with Crippen LogP contribution in [0.25, 0.3) is 11.1 Å². The number of aromatic carboxylic acids is 1. The van der Waals surface area contributed by atoms with Gasteiger partial charge < -0.3 is 10.2 Å². The molecule has 1 aromatic heterocycles. The second-order valence-corrected chi connectivity index (χ2v) is 9.24. The van der Waals surface area contributed by atoms with Crippen molar-refractivity contribution in [3.05, 3.63) is 79.7 Å². The lowest BCUT2D eigenvalue weighted by Crippen LogP contribution is -2.46. The summed E-state index contributed by atoms with van der Waals surface area (Å²) in [5, 5.41) is 19.8. The van der Waals surface area contributed by atoms with E-state index < -0.39 is 35.0 Å². The van der Waals surface area contributed by atoms with Crippen molar-refractivity contribution < 1.29 is 32.6 Å².